The van der Waals surface area contributed by atoms with Crippen molar-refractivity contribution in [3.05, 3.63) is 29.8 Å². The van der Waals surface area contributed by atoms with Crippen LogP contribution in [0, 0.1) is 0 Å². The lowest BCUT2D eigenvalue weighted by atomic mass is 10.0. The summed E-state index contributed by atoms with van der Waals surface area (Å²) in [6.07, 6.45) is 2.02. The van der Waals surface area contributed by atoms with Crippen LogP contribution in [0.3, 0.4) is 0 Å². The van der Waals surface area contributed by atoms with Crippen molar-refractivity contribution in [2.45, 2.75) is 31.5 Å². The minimum absolute atomic E-state index is 0.364. The number of rotatable bonds is 8. The molecule has 2 fully saturated rings. The number of hydrogen-bond acceptors (Lipinski definition) is 6. The highest BCUT2D eigenvalue weighted by atomic mass is 32.2. The van der Waals surface area contributed by atoms with Gasteiger partial charge in [-0.2, -0.15) is 11.8 Å². The Labute approximate surface area is 168 Å². The molecule has 0 radical (unpaired) electrons. The molecule has 1 aromatic rings. The minimum Gasteiger partial charge on any atom is -0.491 e. The number of β-amino-alcohol motifs (C(OH)–C–C–N with tert-alkyl or cyclic N) is 1. The van der Waals surface area contributed by atoms with E-state index in [4.69, 9.17) is 4.74 Å². The summed E-state index contributed by atoms with van der Waals surface area (Å²) in [7, 11) is 4.36. The second-order valence-corrected chi connectivity index (χ2v) is 9.18. The van der Waals surface area contributed by atoms with Crippen LogP contribution in [0.5, 0.6) is 5.75 Å². The molecule has 1 N–H and O–H groups in total. The zero-order valence-corrected chi connectivity index (χ0v) is 17.7. The van der Waals surface area contributed by atoms with E-state index in [1.54, 1.807) is 0 Å². The van der Waals surface area contributed by atoms with E-state index in [2.05, 4.69) is 40.9 Å². The number of likely N-dealkylation sites (tertiary alicyclic amines) is 1. The van der Waals surface area contributed by atoms with E-state index in [-0.39, 0.29) is 0 Å². The van der Waals surface area contributed by atoms with Gasteiger partial charge in [0.2, 0.25) is 0 Å². The molecular formula is C21H35N3O2S. The highest BCUT2D eigenvalue weighted by Crippen LogP contribution is 2.23. The summed E-state index contributed by atoms with van der Waals surface area (Å²) in [5, 5.41) is 10.4. The molecule has 1 atom stereocenters. The molecule has 6 heteroatoms. The fourth-order valence-corrected chi connectivity index (χ4v) is 4.91. The van der Waals surface area contributed by atoms with Crippen LogP contribution in [0.15, 0.2) is 24.3 Å². The second kappa shape index (κ2) is 10.7. The molecular weight excluding hydrogens is 358 g/mol. The van der Waals surface area contributed by atoms with Gasteiger partial charge in [0, 0.05) is 49.3 Å². The lowest BCUT2D eigenvalue weighted by Gasteiger charge is -2.35. The third kappa shape index (κ3) is 6.64. The number of benzene rings is 1. The van der Waals surface area contributed by atoms with Gasteiger partial charge in [-0.3, -0.25) is 9.80 Å². The third-order valence-corrected chi connectivity index (χ3v) is 6.60. The number of ether oxygens (including phenoxy) is 1. The van der Waals surface area contributed by atoms with Gasteiger partial charge in [-0.1, -0.05) is 18.2 Å². The zero-order valence-electron chi connectivity index (χ0n) is 16.8. The van der Waals surface area contributed by atoms with E-state index < -0.39 is 6.10 Å². The number of aliphatic hydroxyl groups is 1. The van der Waals surface area contributed by atoms with Crippen LogP contribution in [0.25, 0.3) is 0 Å². The Morgan fingerprint density at radius 2 is 1.81 bits per heavy atom. The van der Waals surface area contributed by atoms with Crippen LogP contribution >= 0.6 is 11.8 Å². The highest BCUT2D eigenvalue weighted by Gasteiger charge is 2.21. The summed E-state index contributed by atoms with van der Waals surface area (Å²) in [5.41, 5.74) is 1.22. The van der Waals surface area contributed by atoms with Gasteiger partial charge in [-0.15, -0.1) is 0 Å². The molecule has 0 spiro atoms. The van der Waals surface area contributed by atoms with Crippen molar-refractivity contribution >= 4 is 11.8 Å². The van der Waals surface area contributed by atoms with E-state index in [9.17, 15) is 5.11 Å². The number of para-hydroxylation sites is 1. The summed E-state index contributed by atoms with van der Waals surface area (Å²) in [4.78, 5) is 7.20. The van der Waals surface area contributed by atoms with E-state index >= 15 is 0 Å². The molecule has 3 rings (SSSR count). The minimum atomic E-state index is -0.433. The lowest BCUT2D eigenvalue weighted by molar-refractivity contribution is 0.0705. The summed E-state index contributed by atoms with van der Waals surface area (Å²) in [6, 6.07) is 8.99. The molecule has 0 unspecified atom stereocenters. The molecule has 2 heterocycles. The second-order valence-electron chi connectivity index (χ2n) is 7.96. The Kier molecular flexibility index (Phi) is 8.27. The molecule has 2 aliphatic rings. The number of aliphatic hydroxyl groups excluding tert-OH is 1. The molecule has 0 bridgehead atoms. The SMILES string of the molecule is CN(C)C1CCN(Cc2ccccc2OC[C@H](O)CN2CCSCC2)CC1. The standard InChI is InChI=1S/C21H35N3O2S/c1-22(2)19-7-9-23(10-8-19)15-18-5-3-4-6-21(18)26-17-20(25)16-24-11-13-27-14-12-24/h3-6,19-20,25H,7-17H2,1-2H3/t20-/m1/s1. The summed E-state index contributed by atoms with van der Waals surface area (Å²) in [5.74, 6) is 3.25. The Hall–Kier alpha value is -0.790. The number of piperidine rings is 1. The predicted octanol–water partition coefficient (Wildman–Crippen LogP) is 2.00. The van der Waals surface area contributed by atoms with Crippen molar-refractivity contribution in [1.29, 1.82) is 0 Å². The van der Waals surface area contributed by atoms with Crippen LogP contribution in [-0.4, -0.2) is 96.9 Å². The molecule has 5 nitrogen and oxygen atoms in total. The normalized spacial score (nSPS) is 21.5. The third-order valence-electron chi connectivity index (χ3n) is 5.66. The van der Waals surface area contributed by atoms with Gasteiger partial charge in [0.1, 0.15) is 18.5 Å². The van der Waals surface area contributed by atoms with Gasteiger partial charge >= 0.3 is 0 Å². The maximum atomic E-state index is 10.4. The van der Waals surface area contributed by atoms with Crippen molar-refractivity contribution in [2.24, 2.45) is 0 Å². The zero-order chi connectivity index (χ0) is 19.1. The summed E-state index contributed by atoms with van der Waals surface area (Å²) in [6.45, 7) is 6.40. The molecule has 1 aromatic carbocycles. The monoisotopic (exact) mass is 393 g/mol. The molecule has 0 aliphatic carbocycles. The van der Waals surface area contributed by atoms with Gasteiger partial charge in [0.15, 0.2) is 0 Å². The average Bonchev–Trinajstić information content (AvgIpc) is 2.68. The van der Waals surface area contributed by atoms with E-state index in [0.717, 1.165) is 38.5 Å². The van der Waals surface area contributed by atoms with Gasteiger partial charge in [0.05, 0.1) is 0 Å². The predicted molar refractivity (Wildman–Crippen MR) is 114 cm³/mol. The molecule has 2 saturated heterocycles. The molecule has 0 saturated carbocycles. The van der Waals surface area contributed by atoms with E-state index in [0.29, 0.717) is 19.2 Å². The van der Waals surface area contributed by atoms with Crippen molar-refractivity contribution in [3.63, 3.8) is 0 Å². The Balaban J connectivity index is 1.47. The van der Waals surface area contributed by atoms with Crippen LogP contribution < -0.4 is 4.74 Å². The quantitative estimate of drug-likeness (QED) is 0.728. The van der Waals surface area contributed by atoms with Crippen molar-refractivity contribution in [3.8, 4) is 5.75 Å². The smallest absolute Gasteiger partial charge is 0.123 e. The largest absolute Gasteiger partial charge is 0.491 e. The van der Waals surface area contributed by atoms with Crippen LogP contribution in [0.4, 0.5) is 0 Å². The van der Waals surface area contributed by atoms with Crippen LogP contribution in [-0.2, 0) is 6.54 Å². The van der Waals surface area contributed by atoms with Crippen LogP contribution in [0.1, 0.15) is 18.4 Å². The average molecular weight is 394 g/mol. The van der Waals surface area contributed by atoms with Crippen molar-refractivity contribution in [2.75, 3.05) is 64.9 Å². The summed E-state index contributed by atoms with van der Waals surface area (Å²) >= 11 is 1.99. The first-order valence-corrected chi connectivity index (χ1v) is 11.3. The van der Waals surface area contributed by atoms with Gasteiger partial charge < -0.3 is 14.7 Å². The van der Waals surface area contributed by atoms with Crippen molar-refractivity contribution < 1.29 is 9.84 Å². The lowest BCUT2D eigenvalue weighted by Crippen LogP contribution is -2.41. The number of hydrogen-bond donors (Lipinski definition) is 1. The molecule has 2 aliphatic heterocycles. The van der Waals surface area contributed by atoms with Crippen LogP contribution in [0.2, 0.25) is 0 Å². The van der Waals surface area contributed by atoms with E-state index in [1.807, 2.05) is 23.9 Å². The topological polar surface area (TPSA) is 39.2 Å². The first-order chi connectivity index (χ1) is 13.1. The molecule has 27 heavy (non-hydrogen) atoms. The number of nitrogens with zero attached hydrogens (tertiary/aromatic N) is 3. The van der Waals surface area contributed by atoms with Gasteiger partial charge in [-0.25, -0.2) is 0 Å². The van der Waals surface area contributed by atoms with E-state index in [1.165, 1.54) is 29.9 Å². The number of thioether (sulfide) groups is 1. The maximum absolute atomic E-state index is 10.4. The first kappa shape index (κ1) is 20.9. The fraction of sp³-hybridized carbons (Fsp3) is 0.714. The van der Waals surface area contributed by atoms with Crippen molar-refractivity contribution in [1.82, 2.24) is 14.7 Å². The molecule has 0 aromatic heterocycles. The summed E-state index contributed by atoms with van der Waals surface area (Å²) < 4.78 is 6.02. The molecule has 152 valence electrons. The Bertz CT molecular complexity index is 558. The Morgan fingerprint density at radius 3 is 2.52 bits per heavy atom. The molecule has 0 amide bonds. The first-order valence-electron chi connectivity index (χ1n) is 10.2. The van der Waals surface area contributed by atoms with Gasteiger partial charge in [0.25, 0.3) is 0 Å². The van der Waals surface area contributed by atoms with Gasteiger partial charge in [-0.05, 0) is 46.1 Å². The highest BCUT2D eigenvalue weighted by molar-refractivity contribution is 7.99. The maximum Gasteiger partial charge on any atom is 0.123 e. The Morgan fingerprint density at radius 1 is 1.11 bits per heavy atom. The fourth-order valence-electron chi connectivity index (χ4n) is 3.93.